The Morgan fingerprint density at radius 1 is 0.800 bits per heavy atom. The Morgan fingerprint density at radius 2 is 1.36 bits per heavy atom. The van der Waals surface area contributed by atoms with Gasteiger partial charge in [-0.3, -0.25) is 4.79 Å². The molecule has 0 atom stereocenters. The Morgan fingerprint density at radius 3 is 1.96 bits per heavy atom. The maximum atomic E-state index is 12.1. The van der Waals surface area contributed by atoms with E-state index in [9.17, 15) is 4.79 Å². The van der Waals surface area contributed by atoms with E-state index in [4.69, 9.17) is 18.9 Å². The lowest BCUT2D eigenvalue weighted by Crippen LogP contribution is -2.08. The van der Waals surface area contributed by atoms with E-state index in [0.717, 1.165) is 5.56 Å². The maximum absolute atomic E-state index is 12.1. The quantitative estimate of drug-likeness (QED) is 0.781. The molecule has 1 N–H and O–H groups in total. The van der Waals surface area contributed by atoms with Gasteiger partial charge in [-0.15, -0.1) is 0 Å². The number of rotatable bonds is 7. The van der Waals surface area contributed by atoms with Crippen LogP contribution in [0.5, 0.6) is 23.0 Å². The van der Waals surface area contributed by atoms with E-state index in [-0.39, 0.29) is 5.91 Å². The zero-order valence-electron chi connectivity index (χ0n) is 14.7. The summed E-state index contributed by atoms with van der Waals surface area (Å²) in [6.07, 6.45) is 3.13. The number of nitrogens with one attached hydrogen (secondary N) is 1. The van der Waals surface area contributed by atoms with Gasteiger partial charge in [-0.25, -0.2) is 0 Å². The molecule has 0 spiro atoms. The smallest absolute Gasteiger partial charge is 0.248 e. The number of methoxy groups -OCH3 is 4. The van der Waals surface area contributed by atoms with Crippen molar-refractivity contribution in [2.24, 2.45) is 0 Å². The van der Waals surface area contributed by atoms with Gasteiger partial charge in [0, 0.05) is 17.8 Å². The summed E-state index contributed by atoms with van der Waals surface area (Å²) < 4.78 is 20.8. The third kappa shape index (κ3) is 4.67. The van der Waals surface area contributed by atoms with Crippen molar-refractivity contribution in [1.82, 2.24) is 0 Å². The molecule has 132 valence electrons. The molecule has 1 amide bonds. The summed E-state index contributed by atoms with van der Waals surface area (Å²) in [5, 5.41) is 2.77. The van der Waals surface area contributed by atoms with Gasteiger partial charge in [0.25, 0.3) is 0 Å². The highest BCUT2D eigenvalue weighted by Crippen LogP contribution is 2.30. The minimum absolute atomic E-state index is 0.262. The van der Waals surface area contributed by atoms with Crippen molar-refractivity contribution in [1.29, 1.82) is 0 Å². The summed E-state index contributed by atoms with van der Waals surface area (Å²) in [6, 6.07) is 10.6. The first-order valence-corrected chi connectivity index (χ1v) is 7.54. The van der Waals surface area contributed by atoms with Crippen LogP contribution in [-0.2, 0) is 4.79 Å². The Labute approximate surface area is 147 Å². The van der Waals surface area contributed by atoms with Gasteiger partial charge in [0.15, 0.2) is 23.0 Å². The number of amides is 1. The molecular weight excluding hydrogens is 322 g/mol. The van der Waals surface area contributed by atoms with Crippen LogP contribution in [0.15, 0.2) is 42.5 Å². The number of ether oxygens (including phenoxy) is 4. The predicted molar refractivity (Wildman–Crippen MR) is 96.8 cm³/mol. The third-order valence-electron chi connectivity index (χ3n) is 3.49. The molecule has 0 unspecified atom stereocenters. The van der Waals surface area contributed by atoms with Crippen LogP contribution in [0.2, 0.25) is 0 Å². The molecule has 0 saturated heterocycles. The number of hydrogen-bond acceptors (Lipinski definition) is 5. The second-order valence-electron chi connectivity index (χ2n) is 5.01. The Bertz CT molecular complexity index is 770. The molecule has 25 heavy (non-hydrogen) atoms. The van der Waals surface area contributed by atoms with Crippen LogP contribution in [-0.4, -0.2) is 34.3 Å². The molecule has 2 aromatic rings. The Balaban J connectivity index is 2.08. The fourth-order valence-electron chi connectivity index (χ4n) is 2.23. The summed E-state index contributed by atoms with van der Waals surface area (Å²) in [6.45, 7) is 0. The van der Waals surface area contributed by atoms with Crippen molar-refractivity contribution in [2.45, 2.75) is 0 Å². The molecule has 0 saturated carbocycles. The predicted octanol–water partition coefficient (Wildman–Crippen LogP) is 3.37. The number of hydrogen-bond donors (Lipinski definition) is 1. The first kappa shape index (κ1) is 18.2. The first-order valence-electron chi connectivity index (χ1n) is 7.54. The molecule has 0 radical (unpaired) electrons. The minimum atomic E-state index is -0.262. The molecule has 0 bridgehead atoms. The molecule has 6 heteroatoms. The molecule has 0 aliphatic carbocycles. The molecule has 0 aromatic heterocycles. The Kier molecular flexibility index (Phi) is 6.28. The molecule has 6 nitrogen and oxygen atoms in total. The first-order chi connectivity index (χ1) is 12.1. The van der Waals surface area contributed by atoms with Crippen LogP contribution in [0.3, 0.4) is 0 Å². The van der Waals surface area contributed by atoms with E-state index in [2.05, 4.69) is 5.32 Å². The average molecular weight is 343 g/mol. The fourth-order valence-corrected chi connectivity index (χ4v) is 2.23. The van der Waals surface area contributed by atoms with E-state index < -0.39 is 0 Å². The van der Waals surface area contributed by atoms with E-state index in [1.54, 1.807) is 64.8 Å². The second-order valence-corrected chi connectivity index (χ2v) is 5.01. The van der Waals surface area contributed by atoms with Crippen molar-refractivity contribution in [2.75, 3.05) is 33.8 Å². The molecule has 0 fully saturated rings. The minimum Gasteiger partial charge on any atom is -0.493 e. The number of anilines is 1. The number of carbonyl (C=O) groups is 1. The molecule has 0 heterocycles. The van der Waals surface area contributed by atoms with E-state index in [1.165, 1.54) is 6.08 Å². The van der Waals surface area contributed by atoms with Gasteiger partial charge >= 0.3 is 0 Å². The summed E-state index contributed by atoms with van der Waals surface area (Å²) in [5.41, 5.74) is 1.43. The van der Waals surface area contributed by atoms with Crippen molar-refractivity contribution >= 4 is 17.7 Å². The van der Waals surface area contributed by atoms with Crippen LogP contribution in [0.4, 0.5) is 5.69 Å². The summed E-state index contributed by atoms with van der Waals surface area (Å²) in [7, 11) is 6.24. The van der Waals surface area contributed by atoms with Crippen molar-refractivity contribution in [3.05, 3.63) is 48.0 Å². The summed E-state index contributed by atoms with van der Waals surface area (Å²) in [5.74, 6) is 2.12. The van der Waals surface area contributed by atoms with Gasteiger partial charge in [-0.05, 0) is 35.9 Å². The Hall–Kier alpha value is -3.15. The average Bonchev–Trinajstić information content (AvgIpc) is 2.65. The lowest BCUT2D eigenvalue weighted by Gasteiger charge is -2.09. The van der Waals surface area contributed by atoms with Gasteiger partial charge in [0.05, 0.1) is 28.4 Å². The fraction of sp³-hybridized carbons (Fsp3) is 0.211. The highest BCUT2D eigenvalue weighted by Gasteiger charge is 2.06. The number of carbonyl (C=O) groups excluding carboxylic acids is 1. The van der Waals surface area contributed by atoms with Crippen LogP contribution >= 0.6 is 0 Å². The van der Waals surface area contributed by atoms with E-state index >= 15 is 0 Å². The van der Waals surface area contributed by atoms with Gasteiger partial charge in [0.2, 0.25) is 5.91 Å². The van der Waals surface area contributed by atoms with Gasteiger partial charge in [-0.1, -0.05) is 6.07 Å². The van der Waals surface area contributed by atoms with E-state index in [1.807, 2.05) is 6.07 Å². The lowest BCUT2D eigenvalue weighted by molar-refractivity contribution is -0.111. The SMILES string of the molecule is COc1ccc(/C=C/C(=O)Nc2ccc(OC)c(OC)c2)cc1OC. The standard InChI is InChI=1S/C19H21NO5/c1-22-15-8-5-13(11-17(15)24-3)6-10-19(21)20-14-7-9-16(23-2)18(12-14)25-4/h5-12H,1-4H3,(H,20,21)/b10-6+. The third-order valence-corrected chi connectivity index (χ3v) is 3.49. The summed E-state index contributed by atoms with van der Waals surface area (Å²) >= 11 is 0. The normalized spacial score (nSPS) is 10.4. The molecule has 0 aliphatic rings. The second kappa shape index (κ2) is 8.63. The molecular formula is C19H21NO5. The maximum Gasteiger partial charge on any atom is 0.248 e. The monoisotopic (exact) mass is 343 g/mol. The van der Waals surface area contributed by atoms with Gasteiger partial charge in [-0.2, -0.15) is 0 Å². The molecule has 2 rings (SSSR count). The van der Waals surface area contributed by atoms with Crippen molar-refractivity contribution < 1.29 is 23.7 Å². The molecule has 0 aliphatic heterocycles. The summed E-state index contributed by atoms with van der Waals surface area (Å²) in [4.78, 5) is 12.1. The van der Waals surface area contributed by atoms with Gasteiger partial charge < -0.3 is 24.3 Å². The largest absolute Gasteiger partial charge is 0.493 e. The topological polar surface area (TPSA) is 66.0 Å². The van der Waals surface area contributed by atoms with Crippen LogP contribution in [0.1, 0.15) is 5.56 Å². The van der Waals surface area contributed by atoms with E-state index in [0.29, 0.717) is 28.7 Å². The van der Waals surface area contributed by atoms with Crippen LogP contribution in [0.25, 0.3) is 6.08 Å². The van der Waals surface area contributed by atoms with Crippen molar-refractivity contribution in [3.8, 4) is 23.0 Å². The zero-order chi connectivity index (χ0) is 18.2. The highest BCUT2D eigenvalue weighted by atomic mass is 16.5. The lowest BCUT2D eigenvalue weighted by atomic mass is 10.2. The van der Waals surface area contributed by atoms with Crippen molar-refractivity contribution in [3.63, 3.8) is 0 Å². The zero-order valence-corrected chi connectivity index (χ0v) is 14.7. The van der Waals surface area contributed by atoms with Gasteiger partial charge in [0.1, 0.15) is 0 Å². The highest BCUT2D eigenvalue weighted by molar-refractivity contribution is 6.02. The van der Waals surface area contributed by atoms with Crippen LogP contribution < -0.4 is 24.3 Å². The van der Waals surface area contributed by atoms with Crippen LogP contribution in [0, 0.1) is 0 Å². The molecule has 2 aromatic carbocycles. The number of benzene rings is 2.